The quantitative estimate of drug-likeness (QED) is 0.181. The number of fused-ring (bicyclic) bond motifs is 3. The molecule has 6 nitrogen and oxygen atoms in total. The number of carbonyl (C=O) groups excluding carboxylic acids is 1. The van der Waals surface area contributed by atoms with Crippen LogP contribution in [0.3, 0.4) is 0 Å². The normalized spacial score (nSPS) is 18.9. The van der Waals surface area contributed by atoms with Gasteiger partial charge >= 0.3 is 5.97 Å². The van der Waals surface area contributed by atoms with Gasteiger partial charge in [-0.25, -0.2) is 13.2 Å². The lowest BCUT2D eigenvalue weighted by molar-refractivity contribution is -0.0304. The monoisotopic (exact) mass is 641 g/mol. The van der Waals surface area contributed by atoms with Crippen LogP contribution in [0, 0.1) is 6.92 Å². The van der Waals surface area contributed by atoms with Crippen molar-refractivity contribution in [1.29, 1.82) is 0 Å². The van der Waals surface area contributed by atoms with Crippen molar-refractivity contribution < 1.29 is 23.4 Å². The fourth-order valence-corrected chi connectivity index (χ4v) is 8.33. The minimum absolute atomic E-state index is 0. The third-order valence-corrected chi connectivity index (χ3v) is 10.8. The summed E-state index contributed by atoms with van der Waals surface area (Å²) < 4.78 is 37.9. The zero-order chi connectivity index (χ0) is 31.7. The van der Waals surface area contributed by atoms with E-state index in [-0.39, 0.29) is 16.9 Å². The van der Waals surface area contributed by atoms with Crippen molar-refractivity contribution in [2.75, 3.05) is 6.54 Å². The van der Waals surface area contributed by atoms with E-state index in [2.05, 4.69) is 0 Å². The van der Waals surface area contributed by atoms with Gasteiger partial charge in [-0.1, -0.05) is 133 Å². The van der Waals surface area contributed by atoms with Crippen LogP contribution in [0.15, 0.2) is 162 Å². The highest BCUT2D eigenvalue weighted by molar-refractivity contribution is 7.89. The lowest BCUT2D eigenvalue weighted by atomic mass is 9.80. The highest BCUT2D eigenvalue weighted by Crippen LogP contribution is 2.55. The van der Waals surface area contributed by atoms with E-state index in [0.29, 0.717) is 12.0 Å². The highest BCUT2D eigenvalue weighted by Gasteiger charge is 2.57. The minimum Gasteiger partial charge on any atom is -0.444 e. The Balaban J connectivity index is 0.00000386. The number of esters is 1. The van der Waals surface area contributed by atoms with E-state index in [1.165, 1.54) is 4.31 Å². The summed E-state index contributed by atoms with van der Waals surface area (Å²) in [6.45, 7) is 2.03. The Morgan fingerprint density at radius 2 is 1.38 bits per heavy atom. The molecular weight excluding hydrogens is 607 g/mol. The van der Waals surface area contributed by atoms with E-state index in [1.807, 2.05) is 122 Å². The fourth-order valence-electron chi connectivity index (χ4n) is 6.74. The molecule has 1 heterocycles. The Morgan fingerprint density at radius 1 is 0.787 bits per heavy atom. The molecule has 47 heavy (non-hydrogen) atoms. The van der Waals surface area contributed by atoms with Gasteiger partial charge in [0.05, 0.1) is 16.5 Å². The molecule has 236 valence electrons. The van der Waals surface area contributed by atoms with E-state index in [9.17, 15) is 13.2 Å². The van der Waals surface area contributed by atoms with Crippen LogP contribution in [0.2, 0.25) is 0 Å². The van der Waals surface area contributed by atoms with Crippen LogP contribution in [0.25, 0.3) is 5.57 Å². The first-order valence-corrected chi connectivity index (χ1v) is 16.8. The van der Waals surface area contributed by atoms with E-state index in [0.717, 1.165) is 39.0 Å². The zero-order valence-electron chi connectivity index (χ0n) is 25.9. The Kier molecular flexibility index (Phi) is 8.80. The second-order valence-corrected chi connectivity index (χ2v) is 13.6. The topological polar surface area (TPSA) is 95.2 Å². The molecule has 5 aromatic carbocycles. The van der Waals surface area contributed by atoms with Gasteiger partial charge in [-0.2, -0.15) is 4.31 Å². The standard InChI is InChI=1S/C40H33NO4S.H2O/c1-29-23-25-33(26-24-29)46(43,44)41-27-13-22-36-38(31-16-7-3-8-17-31)34-20-11-12-21-35(34)40(36,37(41)28-30-14-5-2-6-15-30)45-39(42)32-18-9-4-10-19-32;/h2-26,37H,27-28H2,1H3;1H2/t37-,40-;/m0./s1. The maximum Gasteiger partial charge on any atom is 0.339 e. The molecule has 7 heteroatoms. The Bertz CT molecular complexity index is 2060. The fraction of sp³-hybridized carbons (Fsp3) is 0.125. The third-order valence-electron chi connectivity index (χ3n) is 8.88. The van der Waals surface area contributed by atoms with E-state index in [1.54, 1.807) is 36.4 Å². The first-order chi connectivity index (χ1) is 22.4. The second kappa shape index (κ2) is 13.0. The van der Waals surface area contributed by atoms with Crippen molar-refractivity contribution in [1.82, 2.24) is 4.31 Å². The second-order valence-electron chi connectivity index (χ2n) is 11.7. The molecule has 2 N–H and O–H groups in total. The van der Waals surface area contributed by atoms with Crippen molar-refractivity contribution in [3.63, 3.8) is 0 Å². The van der Waals surface area contributed by atoms with Gasteiger partial charge in [0.1, 0.15) is 0 Å². The molecule has 0 amide bonds. The summed E-state index contributed by atoms with van der Waals surface area (Å²) in [6, 6.07) is 42.7. The van der Waals surface area contributed by atoms with Gasteiger partial charge in [0.25, 0.3) is 0 Å². The summed E-state index contributed by atoms with van der Waals surface area (Å²) in [5.74, 6) is -0.525. The summed E-state index contributed by atoms with van der Waals surface area (Å²) in [7, 11) is -4.07. The Labute approximate surface area is 275 Å². The molecule has 0 bridgehead atoms. The largest absolute Gasteiger partial charge is 0.444 e. The van der Waals surface area contributed by atoms with Crippen LogP contribution in [-0.4, -0.2) is 36.8 Å². The van der Waals surface area contributed by atoms with Gasteiger partial charge in [-0.15, -0.1) is 0 Å². The molecule has 0 aromatic heterocycles. The molecule has 5 aromatic rings. The SMILES string of the molecule is Cc1ccc(S(=O)(=O)N2CC=CC3=C(c4ccccc4)c4ccccc4[C@@]3(OC(=O)c3ccccc3)[C@@H]2Cc2ccccc2)cc1.O. The summed E-state index contributed by atoms with van der Waals surface area (Å²) in [5.41, 5.74) is 5.10. The minimum atomic E-state index is -4.07. The average molecular weight is 642 g/mol. The number of ether oxygens (including phenoxy) is 1. The van der Waals surface area contributed by atoms with Crippen molar-refractivity contribution >= 4 is 21.6 Å². The first kappa shape index (κ1) is 31.9. The summed E-state index contributed by atoms with van der Waals surface area (Å²) >= 11 is 0. The zero-order valence-corrected chi connectivity index (χ0v) is 26.7. The van der Waals surface area contributed by atoms with Crippen molar-refractivity contribution in [2.45, 2.75) is 29.9 Å². The molecule has 0 radical (unpaired) electrons. The Hall–Kier alpha value is -5.08. The summed E-state index contributed by atoms with van der Waals surface area (Å²) in [5, 5.41) is 0. The average Bonchev–Trinajstić information content (AvgIpc) is 3.26. The van der Waals surface area contributed by atoms with Gasteiger partial charge in [-0.05, 0) is 59.9 Å². The van der Waals surface area contributed by atoms with E-state index < -0.39 is 27.6 Å². The molecule has 0 unspecified atom stereocenters. The highest BCUT2D eigenvalue weighted by atomic mass is 32.2. The Morgan fingerprint density at radius 3 is 2.06 bits per heavy atom. The maximum absolute atomic E-state index is 14.7. The van der Waals surface area contributed by atoms with Crippen LogP contribution < -0.4 is 0 Å². The number of nitrogens with zero attached hydrogens (tertiary/aromatic N) is 1. The van der Waals surface area contributed by atoms with Crippen LogP contribution in [0.5, 0.6) is 0 Å². The number of sulfonamides is 1. The first-order valence-electron chi connectivity index (χ1n) is 15.4. The molecular formula is C40H35NO5S. The molecule has 0 spiro atoms. The van der Waals surface area contributed by atoms with E-state index >= 15 is 0 Å². The van der Waals surface area contributed by atoms with Gasteiger partial charge in [0.15, 0.2) is 5.60 Å². The number of hydrogen-bond acceptors (Lipinski definition) is 4. The number of hydrogen-bond donors (Lipinski definition) is 0. The van der Waals surface area contributed by atoms with Gasteiger partial charge in [-0.3, -0.25) is 0 Å². The molecule has 2 atom stereocenters. The molecule has 1 aliphatic heterocycles. The van der Waals surface area contributed by atoms with Gasteiger partial charge in [0.2, 0.25) is 10.0 Å². The lowest BCUT2D eigenvalue weighted by Gasteiger charge is -2.43. The molecule has 7 rings (SSSR count). The van der Waals surface area contributed by atoms with Gasteiger partial charge < -0.3 is 10.2 Å². The maximum atomic E-state index is 14.7. The summed E-state index contributed by atoms with van der Waals surface area (Å²) in [4.78, 5) is 14.4. The number of benzene rings is 5. The van der Waals surface area contributed by atoms with Gasteiger partial charge in [0, 0.05) is 17.7 Å². The molecule has 0 saturated carbocycles. The molecule has 2 aliphatic rings. The van der Waals surface area contributed by atoms with Crippen molar-refractivity contribution in [3.8, 4) is 0 Å². The third kappa shape index (κ3) is 5.63. The van der Waals surface area contributed by atoms with Crippen LogP contribution in [0.1, 0.15) is 38.2 Å². The smallest absolute Gasteiger partial charge is 0.339 e. The molecule has 1 aliphatic carbocycles. The number of rotatable bonds is 7. The summed E-state index contributed by atoms with van der Waals surface area (Å²) in [6.07, 6.45) is 4.14. The molecule has 0 fully saturated rings. The van der Waals surface area contributed by atoms with Crippen molar-refractivity contribution in [2.24, 2.45) is 0 Å². The lowest BCUT2D eigenvalue weighted by Crippen LogP contribution is -2.55. The van der Waals surface area contributed by atoms with E-state index in [4.69, 9.17) is 4.74 Å². The van der Waals surface area contributed by atoms with Crippen LogP contribution >= 0.6 is 0 Å². The number of carbonyl (C=O) groups is 1. The number of aryl methyl sites for hydroxylation is 1. The van der Waals surface area contributed by atoms with Crippen LogP contribution in [0.4, 0.5) is 0 Å². The predicted octanol–water partition coefficient (Wildman–Crippen LogP) is 6.91. The predicted molar refractivity (Wildman–Crippen MR) is 184 cm³/mol. The molecule has 0 saturated heterocycles. The van der Waals surface area contributed by atoms with Crippen molar-refractivity contribution in [3.05, 3.63) is 191 Å². The van der Waals surface area contributed by atoms with Crippen LogP contribution in [-0.2, 0) is 26.8 Å².